The Kier molecular flexibility index (Phi) is 8.81. The Bertz CT molecular complexity index is 1610. The molecule has 5 heteroatoms. The minimum Gasteiger partial charge on any atom is -0.497 e. The lowest BCUT2D eigenvalue weighted by Gasteiger charge is -2.24. The molecule has 0 fully saturated rings. The molecule has 0 bridgehead atoms. The van der Waals surface area contributed by atoms with Crippen molar-refractivity contribution in [2.75, 3.05) is 7.11 Å². The van der Waals surface area contributed by atoms with Crippen LogP contribution in [0.25, 0.3) is 4.91 Å². The lowest BCUT2D eigenvalue weighted by atomic mass is 10.1. The molecule has 0 aliphatic carbocycles. The monoisotopic (exact) mass is 559 g/mol. The zero-order valence-electron chi connectivity index (χ0n) is 22.5. The van der Waals surface area contributed by atoms with Gasteiger partial charge in [0.2, 0.25) is 0 Å². The van der Waals surface area contributed by atoms with Crippen LogP contribution < -0.4 is 15.3 Å². The molecule has 0 radical (unpaired) electrons. The Morgan fingerprint density at radius 2 is 1.20 bits per heavy atom. The average Bonchev–Trinajstić information content (AvgIpc) is 3.02. The number of ether oxygens (including phenoxy) is 1. The topological polar surface area (TPSA) is 38.7 Å². The number of benzene rings is 5. The van der Waals surface area contributed by atoms with Gasteiger partial charge in [-0.25, -0.2) is 4.74 Å². The number of carbonyl (C=O) groups excluding carboxylic acids is 1. The van der Waals surface area contributed by atoms with Crippen LogP contribution >= 0.6 is 18.8 Å². The number of amides is 1. The Balaban J connectivity index is 1.79. The summed E-state index contributed by atoms with van der Waals surface area (Å²) in [6, 6.07) is 46.4. The fraction of sp³-hybridized carbons (Fsp3) is 0.0571. The number of nitrogens with zero attached hydrogens (tertiary/aromatic N) is 1. The molecule has 0 saturated carbocycles. The molecule has 0 aromatic heterocycles. The average molecular weight is 560 g/mol. The van der Waals surface area contributed by atoms with E-state index in [1.165, 1.54) is 0 Å². The fourth-order valence-corrected chi connectivity index (χ4v) is 8.83. The predicted octanol–water partition coefficient (Wildman–Crippen LogP) is 8.79. The van der Waals surface area contributed by atoms with Crippen LogP contribution in [0, 0.1) is 6.92 Å². The molecule has 5 rings (SSSR count). The molecular formula is C35H30NO2PS. The van der Waals surface area contributed by atoms with Gasteiger partial charge in [-0.15, -0.1) is 0 Å². The molecule has 1 amide bonds. The van der Waals surface area contributed by atoms with E-state index in [0.29, 0.717) is 5.56 Å². The summed E-state index contributed by atoms with van der Waals surface area (Å²) in [6.45, 7) is 2.02. The standard InChI is InChI=1S/C35H30NO2PS/c1-27-18-20-29(21-19-27)35(37)36-39(31-14-8-4-9-15-31,32-16-10-5-11-17-32)26-34(28-12-6-3-7-13-28)40-33-24-22-30(38-2)23-25-33/h3-26H,1-2H3/b34-26-. The third-order valence-electron chi connectivity index (χ3n) is 6.50. The van der Waals surface area contributed by atoms with Crippen molar-refractivity contribution in [2.45, 2.75) is 11.8 Å². The van der Waals surface area contributed by atoms with Crippen molar-refractivity contribution in [1.82, 2.24) is 0 Å². The van der Waals surface area contributed by atoms with Crippen LogP contribution in [0.2, 0.25) is 0 Å². The van der Waals surface area contributed by atoms with Gasteiger partial charge in [-0.1, -0.05) is 120 Å². The van der Waals surface area contributed by atoms with E-state index >= 15 is 0 Å². The third-order valence-corrected chi connectivity index (χ3v) is 11.1. The van der Waals surface area contributed by atoms with Gasteiger partial charge in [-0.3, -0.25) is 4.79 Å². The van der Waals surface area contributed by atoms with Gasteiger partial charge in [0, 0.05) is 26.0 Å². The van der Waals surface area contributed by atoms with Crippen LogP contribution in [0.1, 0.15) is 21.5 Å². The first-order valence-corrected chi connectivity index (χ1v) is 15.6. The summed E-state index contributed by atoms with van der Waals surface area (Å²) in [6.07, 6.45) is 0. The molecule has 0 aliphatic rings. The summed E-state index contributed by atoms with van der Waals surface area (Å²) < 4.78 is 10.5. The summed E-state index contributed by atoms with van der Waals surface area (Å²) in [4.78, 5) is 16.0. The van der Waals surface area contributed by atoms with Crippen molar-refractivity contribution in [3.63, 3.8) is 0 Å². The second-order valence-electron chi connectivity index (χ2n) is 9.26. The van der Waals surface area contributed by atoms with Crippen molar-refractivity contribution in [3.05, 3.63) is 162 Å². The first-order chi connectivity index (χ1) is 19.6. The second-order valence-corrected chi connectivity index (χ2v) is 13.2. The van der Waals surface area contributed by atoms with Crippen molar-refractivity contribution in [2.24, 2.45) is 4.74 Å². The molecule has 3 nitrogen and oxygen atoms in total. The van der Waals surface area contributed by atoms with Crippen LogP contribution in [0.15, 0.2) is 155 Å². The van der Waals surface area contributed by atoms with E-state index < -0.39 is 7.05 Å². The predicted molar refractivity (Wildman–Crippen MR) is 170 cm³/mol. The first kappa shape index (κ1) is 27.5. The minimum atomic E-state index is -2.74. The number of aryl methyl sites for hydroxylation is 1. The zero-order valence-corrected chi connectivity index (χ0v) is 24.2. The van der Waals surface area contributed by atoms with Gasteiger partial charge in [-0.05, 0) is 54.7 Å². The van der Waals surface area contributed by atoms with Crippen molar-refractivity contribution in [1.29, 1.82) is 0 Å². The Hall–Kier alpha value is -4.11. The number of hydrogen-bond acceptors (Lipinski definition) is 3. The number of thioether (sulfide) groups is 1. The summed E-state index contributed by atoms with van der Waals surface area (Å²) in [5.41, 5.74) is 2.75. The van der Waals surface area contributed by atoms with E-state index in [9.17, 15) is 4.79 Å². The van der Waals surface area contributed by atoms with Crippen LogP contribution in [-0.4, -0.2) is 13.0 Å². The van der Waals surface area contributed by atoms with E-state index in [-0.39, 0.29) is 5.91 Å². The summed E-state index contributed by atoms with van der Waals surface area (Å²) in [7, 11) is -1.07. The molecule has 40 heavy (non-hydrogen) atoms. The molecule has 198 valence electrons. The molecule has 0 N–H and O–H groups in total. The highest BCUT2D eigenvalue weighted by Gasteiger charge is 2.26. The lowest BCUT2D eigenvalue weighted by Crippen LogP contribution is -2.16. The Labute approximate surface area is 240 Å². The molecule has 0 saturated heterocycles. The van der Waals surface area contributed by atoms with Crippen LogP contribution in [0.5, 0.6) is 5.75 Å². The summed E-state index contributed by atoms with van der Waals surface area (Å²) in [5, 5.41) is 2.04. The molecule has 0 aliphatic heterocycles. The highest BCUT2D eigenvalue weighted by atomic mass is 32.2. The highest BCUT2D eigenvalue weighted by molar-refractivity contribution is 8.09. The maximum atomic E-state index is 13.9. The lowest BCUT2D eigenvalue weighted by molar-refractivity contribution is 0.100. The van der Waals surface area contributed by atoms with E-state index in [1.807, 2.05) is 97.9 Å². The van der Waals surface area contributed by atoms with E-state index in [2.05, 4.69) is 54.3 Å². The number of rotatable bonds is 8. The smallest absolute Gasteiger partial charge is 0.276 e. The largest absolute Gasteiger partial charge is 0.497 e. The van der Waals surface area contributed by atoms with Gasteiger partial charge in [-0.2, -0.15) is 0 Å². The molecule has 0 spiro atoms. The van der Waals surface area contributed by atoms with Gasteiger partial charge in [0.25, 0.3) is 5.91 Å². The first-order valence-electron chi connectivity index (χ1n) is 13.0. The summed E-state index contributed by atoms with van der Waals surface area (Å²) >= 11 is 1.66. The van der Waals surface area contributed by atoms with Crippen molar-refractivity contribution < 1.29 is 9.53 Å². The van der Waals surface area contributed by atoms with Crippen LogP contribution in [0.4, 0.5) is 0 Å². The molecule has 0 heterocycles. The summed E-state index contributed by atoms with van der Waals surface area (Å²) in [5.74, 6) is 2.83. The fourth-order valence-electron chi connectivity index (χ4n) is 4.35. The molecule has 0 atom stereocenters. The Morgan fingerprint density at radius 1 is 0.675 bits per heavy atom. The zero-order chi connectivity index (χ0) is 27.8. The van der Waals surface area contributed by atoms with Gasteiger partial charge in [0.1, 0.15) is 5.75 Å². The van der Waals surface area contributed by atoms with Gasteiger partial charge < -0.3 is 4.74 Å². The highest BCUT2D eigenvalue weighted by Crippen LogP contribution is 2.54. The number of hydrogen-bond donors (Lipinski definition) is 0. The van der Waals surface area contributed by atoms with Crippen molar-refractivity contribution in [3.8, 4) is 5.75 Å². The maximum Gasteiger partial charge on any atom is 0.276 e. The molecule has 5 aromatic carbocycles. The SMILES string of the molecule is COc1ccc(S/C(=C\P(=NC(=O)c2ccc(C)cc2)(c2ccccc2)c2ccccc2)c2ccccc2)cc1. The number of methoxy groups -OCH3 is 1. The maximum absolute atomic E-state index is 13.9. The second kappa shape index (κ2) is 12.8. The van der Waals surface area contributed by atoms with E-state index in [4.69, 9.17) is 9.48 Å². The van der Waals surface area contributed by atoms with Crippen LogP contribution in [-0.2, 0) is 0 Å². The van der Waals surface area contributed by atoms with E-state index in [1.54, 1.807) is 18.9 Å². The molecule has 5 aromatic rings. The van der Waals surface area contributed by atoms with E-state index in [0.717, 1.165) is 37.3 Å². The normalized spacial score (nSPS) is 11.6. The van der Waals surface area contributed by atoms with Gasteiger partial charge >= 0.3 is 0 Å². The minimum absolute atomic E-state index is 0.223. The van der Waals surface area contributed by atoms with Crippen molar-refractivity contribution >= 4 is 40.2 Å². The van der Waals surface area contributed by atoms with Crippen LogP contribution in [0.3, 0.4) is 0 Å². The molecule has 0 unspecified atom stereocenters. The van der Waals surface area contributed by atoms with Gasteiger partial charge in [0.15, 0.2) is 0 Å². The third kappa shape index (κ3) is 6.37. The van der Waals surface area contributed by atoms with Gasteiger partial charge in [0.05, 0.1) is 14.2 Å². The quantitative estimate of drug-likeness (QED) is 0.141. The number of carbonyl (C=O) groups is 1. The molecular weight excluding hydrogens is 529 g/mol. The Morgan fingerprint density at radius 3 is 1.73 bits per heavy atom.